The maximum Gasteiger partial charge on any atom is 0.248 e. The Morgan fingerprint density at radius 2 is 0.511 bits per heavy atom. The molecular formula is C78H60N8O2. The van der Waals surface area contributed by atoms with Crippen molar-refractivity contribution in [2.24, 2.45) is 0 Å². The molecule has 3 aromatic heterocycles. The smallest absolute Gasteiger partial charge is 0.248 e. The van der Waals surface area contributed by atoms with Crippen LogP contribution in [0.25, 0.3) is 102 Å². The van der Waals surface area contributed by atoms with Crippen molar-refractivity contribution in [3.05, 3.63) is 288 Å². The predicted octanol–water partition coefficient (Wildman–Crippen LogP) is 20.5. The van der Waals surface area contributed by atoms with Crippen molar-refractivity contribution >= 4 is 45.2 Å². The van der Waals surface area contributed by atoms with Crippen molar-refractivity contribution in [3.8, 4) is 90.6 Å². The number of hydrogen-bond acceptors (Lipinski definition) is 10. The van der Waals surface area contributed by atoms with Crippen molar-refractivity contribution in [1.29, 1.82) is 0 Å². The molecule has 88 heavy (non-hydrogen) atoms. The Hall–Kier alpha value is -11.4. The second-order valence-electron chi connectivity index (χ2n) is 22.4. The Bertz CT molecular complexity index is 4460. The first-order valence-electron chi connectivity index (χ1n) is 29.5. The monoisotopic (exact) mass is 1140 g/mol. The first kappa shape index (κ1) is 54.6. The summed E-state index contributed by atoms with van der Waals surface area (Å²) < 4.78 is 12.3. The van der Waals surface area contributed by atoms with Crippen LogP contribution in [0.4, 0.5) is 34.1 Å². The first-order valence-corrected chi connectivity index (χ1v) is 29.5. The average Bonchev–Trinajstić information content (AvgIpc) is 1.07. The van der Waals surface area contributed by atoms with Gasteiger partial charge in [-0.25, -0.2) is 9.97 Å². The van der Waals surface area contributed by atoms with Crippen LogP contribution >= 0.6 is 0 Å². The third-order valence-corrected chi connectivity index (χ3v) is 16.2. The van der Waals surface area contributed by atoms with Gasteiger partial charge in [-0.3, -0.25) is 0 Å². The highest BCUT2D eigenvalue weighted by Gasteiger charge is 2.23. The first-order chi connectivity index (χ1) is 43.1. The van der Waals surface area contributed by atoms with Gasteiger partial charge < -0.3 is 18.6 Å². The lowest BCUT2D eigenvalue weighted by Gasteiger charge is -2.26. The maximum atomic E-state index is 6.16. The zero-order chi connectivity index (χ0) is 59.8. The summed E-state index contributed by atoms with van der Waals surface area (Å²) in [7, 11) is 0. The molecule has 0 bridgehead atoms. The fourth-order valence-electron chi connectivity index (χ4n) is 12.3. The quantitative estimate of drug-likeness (QED) is 0.104. The second kappa shape index (κ2) is 23.2. The van der Waals surface area contributed by atoms with E-state index in [0.29, 0.717) is 23.6 Å². The largest absolute Gasteiger partial charge is 0.416 e. The summed E-state index contributed by atoms with van der Waals surface area (Å²) >= 11 is 0. The molecule has 0 radical (unpaired) electrons. The van der Waals surface area contributed by atoms with Crippen LogP contribution in [0.5, 0.6) is 0 Å². The van der Waals surface area contributed by atoms with Crippen molar-refractivity contribution in [2.75, 3.05) is 9.80 Å². The zero-order valence-corrected chi connectivity index (χ0v) is 49.6. The number of anilines is 6. The fraction of sp³-hybridized carbons (Fsp3) is 0.0769. The fourth-order valence-corrected chi connectivity index (χ4v) is 12.3. The molecule has 0 spiro atoms. The lowest BCUT2D eigenvalue weighted by Crippen LogP contribution is -2.10. The van der Waals surface area contributed by atoms with Gasteiger partial charge in [-0.15, -0.1) is 20.4 Å². The Morgan fingerprint density at radius 1 is 0.261 bits per heavy atom. The van der Waals surface area contributed by atoms with Crippen molar-refractivity contribution in [3.63, 3.8) is 0 Å². The number of nitrogens with zero attached hydrogens (tertiary/aromatic N) is 8. The summed E-state index contributed by atoms with van der Waals surface area (Å²) in [6.45, 7) is 13.2. The second-order valence-corrected chi connectivity index (χ2v) is 22.4. The van der Waals surface area contributed by atoms with Crippen molar-refractivity contribution < 1.29 is 8.83 Å². The zero-order valence-electron chi connectivity index (χ0n) is 49.6. The van der Waals surface area contributed by atoms with Crippen LogP contribution in [0.1, 0.15) is 33.4 Å². The minimum Gasteiger partial charge on any atom is -0.416 e. The number of rotatable bonds is 14. The molecule has 0 amide bonds. The number of hydrogen-bond donors (Lipinski definition) is 0. The van der Waals surface area contributed by atoms with E-state index in [1.165, 1.54) is 44.5 Å². The molecule has 0 unspecified atom stereocenters. The predicted molar refractivity (Wildman–Crippen MR) is 357 cm³/mol. The van der Waals surface area contributed by atoms with Crippen LogP contribution in [0.2, 0.25) is 0 Å². The number of aryl methyl sites for hydroxylation is 6. The molecule has 0 aliphatic heterocycles. The molecule has 14 rings (SSSR count). The van der Waals surface area contributed by atoms with Crippen LogP contribution in [-0.2, 0) is 0 Å². The standard InChI is InChI=1S/C78H60N8O2/c1-49-43-51(3)71(52(4)44-49)67-47-69-70(48-68(67)72-53(5)45-50(2)46-54(72)6)80-74(56-29-37-64(38-30-56)86(62-25-17-10-18-26-62)66-41-33-60(34-42-66)78-84-82-76(88-78)58-21-13-8-14-22-58)73(79-69)55-27-35-63(36-28-55)85(61-23-15-9-16-24-61)65-39-31-59(32-40-65)77-83-81-75(87-77)57-19-11-7-12-20-57/h7-48H,1-6H3. The van der Waals surface area contributed by atoms with Gasteiger partial charge in [-0.05, 0) is 220 Å². The van der Waals surface area contributed by atoms with E-state index in [1.54, 1.807) is 0 Å². The molecule has 10 nitrogen and oxygen atoms in total. The van der Waals surface area contributed by atoms with E-state index in [-0.39, 0.29) is 0 Å². The molecule has 11 aromatic carbocycles. The lowest BCUT2D eigenvalue weighted by atomic mass is 9.85. The Balaban J connectivity index is 0.885. The highest BCUT2D eigenvalue weighted by molar-refractivity contribution is 5.98. The van der Waals surface area contributed by atoms with Gasteiger partial charge >= 0.3 is 0 Å². The van der Waals surface area contributed by atoms with E-state index >= 15 is 0 Å². The van der Waals surface area contributed by atoms with E-state index in [1.807, 2.05) is 97.1 Å². The molecule has 0 saturated carbocycles. The minimum absolute atomic E-state index is 0.454. The van der Waals surface area contributed by atoms with Gasteiger partial charge in [0.2, 0.25) is 23.6 Å². The number of aromatic nitrogens is 6. The van der Waals surface area contributed by atoms with Gasteiger partial charge in [0.15, 0.2) is 0 Å². The SMILES string of the molecule is Cc1cc(C)c(-c2cc3nc(-c4ccc(N(c5ccccc5)c5ccc(-c6nnc(-c7ccccc7)o6)cc5)cc4)c(-c4ccc(N(c5ccccc5)c5ccc(-c6nnc(-c7ccccc7)o6)cc5)cc4)nc3cc2-c2c(C)cc(C)cc2C)c(C)c1. The van der Waals surface area contributed by atoms with Crippen LogP contribution in [0.15, 0.2) is 264 Å². The highest BCUT2D eigenvalue weighted by atomic mass is 16.4. The average molecular weight is 1140 g/mol. The molecule has 3 heterocycles. The highest BCUT2D eigenvalue weighted by Crippen LogP contribution is 2.45. The van der Waals surface area contributed by atoms with Crippen LogP contribution in [0, 0.1) is 41.5 Å². The maximum absolute atomic E-state index is 6.16. The van der Waals surface area contributed by atoms with Gasteiger partial charge in [0.25, 0.3) is 0 Å². The van der Waals surface area contributed by atoms with Gasteiger partial charge in [0.05, 0.1) is 22.4 Å². The van der Waals surface area contributed by atoms with Crippen LogP contribution < -0.4 is 9.80 Å². The molecule has 14 aromatic rings. The number of para-hydroxylation sites is 2. The number of benzene rings is 11. The molecule has 0 N–H and O–H groups in total. The molecule has 0 fully saturated rings. The van der Waals surface area contributed by atoms with Gasteiger partial charge in [-0.2, -0.15) is 0 Å². The third kappa shape index (κ3) is 10.7. The van der Waals surface area contributed by atoms with Gasteiger partial charge in [0.1, 0.15) is 0 Å². The Kier molecular flexibility index (Phi) is 14.4. The van der Waals surface area contributed by atoms with Crippen molar-refractivity contribution in [2.45, 2.75) is 41.5 Å². The van der Waals surface area contributed by atoms with Crippen LogP contribution in [0.3, 0.4) is 0 Å². The normalized spacial score (nSPS) is 11.3. The summed E-state index contributed by atoms with van der Waals surface area (Å²) in [5.41, 5.74) is 26.3. The molecule has 0 aliphatic rings. The lowest BCUT2D eigenvalue weighted by molar-refractivity contribution is 0.584. The van der Waals surface area contributed by atoms with Gasteiger partial charge in [0, 0.05) is 67.5 Å². The summed E-state index contributed by atoms with van der Waals surface area (Å²) in [6, 6.07) is 87.9. The van der Waals surface area contributed by atoms with E-state index in [9.17, 15) is 0 Å². The molecule has 10 heteroatoms. The van der Waals surface area contributed by atoms with E-state index < -0.39 is 0 Å². The molecule has 0 atom stereocenters. The molecule has 0 saturated heterocycles. The summed E-state index contributed by atoms with van der Waals surface area (Å²) in [5.74, 6) is 1.86. The van der Waals surface area contributed by atoms with E-state index in [4.69, 9.17) is 18.8 Å². The molecule has 0 aliphatic carbocycles. The van der Waals surface area contributed by atoms with Crippen LogP contribution in [-0.4, -0.2) is 30.4 Å². The van der Waals surface area contributed by atoms with Gasteiger partial charge in [-0.1, -0.05) is 132 Å². The molecular weight excluding hydrogens is 1080 g/mol. The van der Waals surface area contributed by atoms with E-state index in [2.05, 4.69) is 229 Å². The van der Waals surface area contributed by atoms with Crippen molar-refractivity contribution in [1.82, 2.24) is 30.4 Å². The topological polar surface area (TPSA) is 110 Å². The third-order valence-electron chi connectivity index (χ3n) is 16.2. The summed E-state index contributed by atoms with van der Waals surface area (Å²) in [5, 5.41) is 17.5. The molecule has 424 valence electrons. The number of fused-ring (bicyclic) bond motifs is 1. The Morgan fingerprint density at radius 3 is 0.807 bits per heavy atom. The summed E-state index contributed by atoms with van der Waals surface area (Å²) in [6.07, 6.45) is 0. The summed E-state index contributed by atoms with van der Waals surface area (Å²) in [4.78, 5) is 15.9. The Labute approximate surface area is 511 Å². The van der Waals surface area contributed by atoms with E-state index in [0.717, 1.165) is 101 Å². The minimum atomic E-state index is 0.454.